The summed E-state index contributed by atoms with van der Waals surface area (Å²) in [5.74, 6) is 0. The highest BCUT2D eigenvalue weighted by atomic mass is 32.2. The van der Waals surface area contributed by atoms with E-state index in [4.69, 9.17) is 0 Å². The van der Waals surface area contributed by atoms with Crippen molar-refractivity contribution in [3.63, 3.8) is 0 Å². The molecule has 1 fully saturated rings. The van der Waals surface area contributed by atoms with Crippen LogP contribution in [0.4, 0.5) is 5.69 Å². The Balaban J connectivity index is 1.70. The molecule has 6 heteroatoms. The molecule has 0 radical (unpaired) electrons. The molecule has 30 heavy (non-hydrogen) atoms. The molecule has 0 atom stereocenters. The maximum atomic E-state index is 13.5. The van der Waals surface area contributed by atoms with Crippen LogP contribution in [0.15, 0.2) is 65.7 Å². The van der Waals surface area contributed by atoms with E-state index in [1.54, 1.807) is 24.3 Å². The first-order chi connectivity index (χ1) is 14.5. The summed E-state index contributed by atoms with van der Waals surface area (Å²) in [4.78, 5) is 4.99. The summed E-state index contributed by atoms with van der Waals surface area (Å²) in [5.41, 5.74) is 4.21. The Morgan fingerprint density at radius 3 is 2.40 bits per heavy atom. The van der Waals surface area contributed by atoms with Gasteiger partial charge in [0.2, 0.25) is 0 Å². The predicted octanol–water partition coefficient (Wildman–Crippen LogP) is 4.20. The molecule has 5 nitrogen and oxygen atoms in total. The Morgan fingerprint density at radius 1 is 0.933 bits per heavy atom. The number of likely N-dealkylation sites (N-methyl/N-ethyl adjacent to an activating group) is 1. The summed E-state index contributed by atoms with van der Waals surface area (Å²) in [5, 5.41) is 1.02. The van der Waals surface area contributed by atoms with E-state index in [0.717, 1.165) is 49.1 Å². The van der Waals surface area contributed by atoms with Crippen LogP contribution < -0.4 is 4.90 Å². The zero-order valence-corrected chi connectivity index (χ0v) is 18.1. The standard InChI is InChI=1S/C24H27N3O2S/c1-25-15-11-19(12-16-25)23-18-27(30(28,29)21-7-3-2-4-8-21)24-10-9-20(17-22(23)24)26-13-5-6-14-26/h2-4,7-11,17-18H,5-6,12-16H2,1H3. The molecule has 3 aromatic rings. The van der Waals surface area contributed by atoms with Gasteiger partial charge in [0.15, 0.2) is 0 Å². The molecule has 2 aliphatic heterocycles. The Bertz CT molecular complexity index is 1210. The Labute approximate surface area is 178 Å². The van der Waals surface area contributed by atoms with Crippen molar-refractivity contribution < 1.29 is 8.42 Å². The SMILES string of the molecule is CN1CC=C(c2cn(S(=O)(=O)c3ccccc3)c3ccc(N4CCCC4)cc23)CC1. The van der Waals surface area contributed by atoms with Gasteiger partial charge in [-0.2, -0.15) is 0 Å². The second-order valence-electron chi connectivity index (χ2n) is 8.29. The summed E-state index contributed by atoms with van der Waals surface area (Å²) >= 11 is 0. The van der Waals surface area contributed by atoms with Gasteiger partial charge in [-0.05, 0) is 62.2 Å². The lowest BCUT2D eigenvalue weighted by molar-refractivity contribution is 0.370. The molecule has 0 spiro atoms. The van der Waals surface area contributed by atoms with Crippen LogP contribution >= 0.6 is 0 Å². The Kier molecular flexibility index (Phi) is 4.91. The van der Waals surface area contributed by atoms with Gasteiger partial charge >= 0.3 is 0 Å². The van der Waals surface area contributed by atoms with E-state index < -0.39 is 10.0 Å². The highest BCUT2D eigenvalue weighted by Crippen LogP contribution is 2.35. The fourth-order valence-electron chi connectivity index (χ4n) is 4.54. The zero-order valence-electron chi connectivity index (χ0n) is 17.3. The second-order valence-corrected chi connectivity index (χ2v) is 10.1. The molecule has 5 rings (SSSR count). The monoisotopic (exact) mass is 421 g/mol. The molecule has 3 heterocycles. The normalized spacial score (nSPS) is 18.2. The maximum absolute atomic E-state index is 13.5. The van der Waals surface area contributed by atoms with E-state index in [2.05, 4.69) is 35.1 Å². The number of anilines is 1. The fourth-order valence-corrected chi connectivity index (χ4v) is 5.93. The Morgan fingerprint density at radius 2 is 1.70 bits per heavy atom. The van der Waals surface area contributed by atoms with Gasteiger partial charge in [-0.1, -0.05) is 24.3 Å². The third-order valence-corrected chi connectivity index (χ3v) is 7.97. The molecule has 1 saturated heterocycles. The largest absolute Gasteiger partial charge is 0.372 e. The molecule has 1 aromatic heterocycles. The van der Waals surface area contributed by atoms with Gasteiger partial charge in [-0.15, -0.1) is 0 Å². The van der Waals surface area contributed by atoms with Crippen molar-refractivity contribution in [1.29, 1.82) is 0 Å². The molecule has 0 saturated carbocycles. The summed E-state index contributed by atoms with van der Waals surface area (Å²) in [7, 11) is -1.55. The highest BCUT2D eigenvalue weighted by molar-refractivity contribution is 7.90. The van der Waals surface area contributed by atoms with Gasteiger partial charge in [0.1, 0.15) is 0 Å². The van der Waals surface area contributed by atoms with Crippen LogP contribution in [0.25, 0.3) is 16.5 Å². The topological polar surface area (TPSA) is 45.6 Å². The quantitative estimate of drug-likeness (QED) is 0.633. The van der Waals surface area contributed by atoms with Crippen molar-refractivity contribution >= 4 is 32.2 Å². The van der Waals surface area contributed by atoms with Gasteiger partial charge in [0, 0.05) is 49.0 Å². The van der Waals surface area contributed by atoms with Crippen molar-refractivity contribution in [2.45, 2.75) is 24.2 Å². The smallest absolute Gasteiger partial charge is 0.268 e. The van der Waals surface area contributed by atoms with Crippen molar-refractivity contribution in [2.24, 2.45) is 0 Å². The number of benzene rings is 2. The molecule has 2 aliphatic rings. The highest BCUT2D eigenvalue weighted by Gasteiger charge is 2.24. The van der Waals surface area contributed by atoms with E-state index in [1.165, 1.54) is 28.1 Å². The van der Waals surface area contributed by atoms with E-state index in [9.17, 15) is 8.42 Å². The summed E-state index contributed by atoms with van der Waals surface area (Å²) in [6, 6.07) is 14.9. The number of hydrogen-bond donors (Lipinski definition) is 0. The Hall–Kier alpha value is -2.57. The number of aromatic nitrogens is 1. The molecular weight excluding hydrogens is 394 g/mol. The lowest BCUT2D eigenvalue weighted by atomic mass is 9.99. The third kappa shape index (κ3) is 3.34. The van der Waals surface area contributed by atoms with E-state index in [-0.39, 0.29) is 0 Å². The van der Waals surface area contributed by atoms with Crippen molar-refractivity contribution in [3.8, 4) is 0 Å². The van der Waals surface area contributed by atoms with Crippen LogP contribution in [0.5, 0.6) is 0 Å². The predicted molar refractivity (Wildman–Crippen MR) is 123 cm³/mol. The molecule has 0 amide bonds. The molecule has 0 aliphatic carbocycles. The average Bonchev–Trinajstić information content (AvgIpc) is 3.43. The van der Waals surface area contributed by atoms with Gasteiger partial charge in [-0.3, -0.25) is 0 Å². The molecule has 2 aromatic carbocycles. The summed E-state index contributed by atoms with van der Waals surface area (Å²) < 4.78 is 28.4. The fraction of sp³-hybridized carbons (Fsp3) is 0.333. The molecular formula is C24H27N3O2S. The third-order valence-electron chi connectivity index (χ3n) is 6.28. The molecule has 156 valence electrons. The average molecular weight is 422 g/mol. The maximum Gasteiger partial charge on any atom is 0.268 e. The minimum atomic E-state index is -3.66. The molecule has 0 unspecified atom stereocenters. The van der Waals surface area contributed by atoms with Crippen LogP contribution in [-0.4, -0.2) is 50.5 Å². The van der Waals surface area contributed by atoms with Crippen LogP contribution in [-0.2, 0) is 10.0 Å². The van der Waals surface area contributed by atoms with Crippen LogP contribution in [0, 0.1) is 0 Å². The first-order valence-corrected chi connectivity index (χ1v) is 12.1. The minimum absolute atomic E-state index is 0.314. The van der Waals surface area contributed by atoms with Gasteiger partial charge in [-0.25, -0.2) is 12.4 Å². The number of fused-ring (bicyclic) bond motifs is 1. The minimum Gasteiger partial charge on any atom is -0.372 e. The van der Waals surface area contributed by atoms with E-state index >= 15 is 0 Å². The zero-order chi connectivity index (χ0) is 20.7. The molecule has 0 bridgehead atoms. The van der Waals surface area contributed by atoms with Crippen molar-refractivity contribution in [2.75, 3.05) is 38.1 Å². The number of nitrogens with zero attached hydrogens (tertiary/aromatic N) is 3. The summed E-state index contributed by atoms with van der Waals surface area (Å²) in [6.45, 7) is 4.00. The van der Waals surface area contributed by atoms with E-state index in [0.29, 0.717) is 4.90 Å². The van der Waals surface area contributed by atoms with Gasteiger partial charge in [0.25, 0.3) is 10.0 Å². The van der Waals surface area contributed by atoms with E-state index in [1.807, 2.05) is 18.3 Å². The molecule has 0 N–H and O–H groups in total. The van der Waals surface area contributed by atoms with Crippen LogP contribution in [0.1, 0.15) is 24.8 Å². The first kappa shape index (κ1) is 19.4. The van der Waals surface area contributed by atoms with Gasteiger partial charge < -0.3 is 9.80 Å². The van der Waals surface area contributed by atoms with Crippen LogP contribution in [0.3, 0.4) is 0 Å². The van der Waals surface area contributed by atoms with Crippen molar-refractivity contribution in [1.82, 2.24) is 8.87 Å². The van der Waals surface area contributed by atoms with Crippen LogP contribution in [0.2, 0.25) is 0 Å². The lowest BCUT2D eigenvalue weighted by Gasteiger charge is -2.22. The van der Waals surface area contributed by atoms with Crippen molar-refractivity contribution in [3.05, 3.63) is 66.4 Å². The lowest BCUT2D eigenvalue weighted by Crippen LogP contribution is -2.23. The number of hydrogen-bond acceptors (Lipinski definition) is 4. The summed E-state index contributed by atoms with van der Waals surface area (Å²) in [6.07, 6.45) is 7.42. The first-order valence-electron chi connectivity index (χ1n) is 10.6. The van der Waals surface area contributed by atoms with Gasteiger partial charge in [0.05, 0.1) is 10.4 Å². The second kappa shape index (κ2) is 7.60. The number of rotatable bonds is 4.